The number of aromatic amines is 1. The van der Waals surface area contributed by atoms with Crippen molar-refractivity contribution >= 4 is 34.4 Å². The Labute approximate surface area is 191 Å². The highest BCUT2D eigenvalue weighted by Crippen LogP contribution is 2.45. The van der Waals surface area contributed by atoms with Gasteiger partial charge in [0.2, 0.25) is 0 Å². The van der Waals surface area contributed by atoms with Crippen LogP contribution in [0, 0.1) is 0 Å². The number of carbonyl (C=O) groups excluding carboxylic acids is 3. The molecule has 8 heteroatoms. The highest BCUT2D eigenvalue weighted by molar-refractivity contribution is 6.23. The molecule has 2 aromatic carbocycles. The van der Waals surface area contributed by atoms with E-state index in [4.69, 9.17) is 4.74 Å². The maximum absolute atomic E-state index is 13.7. The van der Waals surface area contributed by atoms with Gasteiger partial charge in [0.15, 0.2) is 5.54 Å². The molecule has 0 radical (unpaired) electrons. The van der Waals surface area contributed by atoms with Crippen molar-refractivity contribution in [3.05, 3.63) is 59.3 Å². The van der Waals surface area contributed by atoms with Gasteiger partial charge >= 0.3 is 6.03 Å². The van der Waals surface area contributed by atoms with Crippen LogP contribution in [0.15, 0.2) is 42.5 Å². The highest BCUT2D eigenvalue weighted by Gasteiger charge is 2.59. The number of H-pyrrole nitrogens is 1. The Kier molecular flexibility index (Phi) is 4.88. The first-order valence-electron chi connectivity index (χ1n) is 11.1. The Hall–Kier alpha value is -3.81. The summed E-state index contributed by atoms with van der Waals surface area (Å²) < 4.78 is 5.37. The fourth-order valence-corrected chi connectivity index (χ4v) is 4.88. The van der Waals surface area contributed by atoms with E-state index < -0.39 is 5.54 Å². The number of carbonyl (C=O) groups is 3. The lowest BCUT2D eigenvalue weighted by Crippen LogP contribution is -2.49. The van der Waals surface area contributed by atoms with Crippen LogP contribution in [-0.4, -0.2) is 47.9 Å². The van der Waals surface area contributed by atoms with Crippen molar-refractivity contribution in [3.63, 3.8) is 0 Å². The van der Waals surface area contributed by atoms with Gasteiger partial charge in [0.25, 0.3) is 11.8 Å². The summed E-state index contributed by atoms with van der Waals surface area (Å²) in [7, 11) is 1.62. The zero-order valence-corrected chi connectivity index (χ0v) is 18.9. The lowest BCUT2D eigenvalue weighted by Gasteiger charge is -2.35. The van der Waals surface area contributed by atoms with E-state index in [1.807, 2.05) is 25.1 Å². The van der Waals surface area contributed by atoms with Crippen LogP contribution in [0.25, 0.3) is 10.9 Å². The van der Waals surface area contributed by atoms with Gasteiger partial charge < -0.3 is 19.9 Å². The lowest BCUT2D eigenvalue weighted by atomic mass is 9.87. The van der Waals surface area contributed by atoms with Crippen LogP contribution in [0.3, 0.4) is 0 Å². The fourth-order valence-electron chi connectivity index (χ4n) is 4.88. The van der Waals surface area contributed by atoms with Gasteiger partial charge in [-0.05, 0) is 67.8 Å². The SMILES string of the molecule is CCCNC(=O)c1ccc(N2C(=O)N3CCc4c([nH]c5ccc(OC)cc45)[C@@]3(C)C2=O)cc1. The summed E-state index contributed by atoms with van der Waals surface area (Å²) >= 11 is 0. The van der Waals surface area contributed by atoms with Gasteiger partial charge in [0, 0.05) is 29.6 Å². The molecule has 1 aromatic heterocycles. The first-order chi connectivity index (χ1) is 15.9. The lowest BCUT2D eigenvalue weighted by molar-refractivity contribution is -0.125. The van der Waals surface area contributed by atoms with Crippen LogP contribution in [-0.2, 0) is 16.8 Å². The third-order valence-electron chi connectivity index (χ3n) is 6.69. The number of amides is 4. The molecule has 170 valence electrons. The number of hydrogen-bond acceptors (Lipinski definition) is 4. The third kappa shape index (κ3) is 3.01. The van der Waals surface area contributed by atoms with Crippen LogP contribution in [0.2, 0.25) is 0 Å². The molecule has 0 aliphatic carbocycles. The number of hydrogen-bond donors (Lipinski definition) is 2. The molecular formula is C25H26N4O4. The van der Waals surface area contributed by atoms with E-state index in [9.17, 15) is 14.4 Å². The van der Waals surface area contributed by atoms with Crippen LogP contribution < -0.4 is 15.0 Å². The number of aromatic nitrogens is 1. The molecule has 4 amide bonds. The van der Waals surface area contributed by atoms with Crippen molar-refractivity contribution in [2.24, 2.45) is 0 Å². The molecule has 1 atom stereocenters. The van der Waals surface area contributed by atoms with Crippen LogP contribution in [0.4, 0.5) is 10.5 Å². The molecule has 0 unspecified atom stereocenters. The number of nitrogens with one attached hydrogen (secondary N) is 2. The van der Waals surface area contributed by atoms with E-state index in [1.54, 1.807) is 43.2 Å². The number of fused-ring (bicyclic) bond motifs is 5. The Morgan fingerprint density at radius 1 is 1.18 bits per heavy atom. The van der Waals surface area contributed by atoms with Crippen LogP contribution >= 0.6 is 0 Å². The number of methoxy groups -OCH3 is 1. The fraction of sp³-hybridized carbons (Fsp3) is 0.320. The average molecular weight is 447 g/mol. The quantitative estimate of drug-likeness (QED) is 0.586. The molecule has 33 heavy (non-hydrogen) atoms. The number of imide groups is 1. The molecular weight excluding hydrogens is 420 g/mol. The number of benzene rings is 2. The second kappa shape index (κ2) is 7.65. The first kappa shape index (κ1) is 21.1. The van der Waals surface area contributed by atoms with Gasteiger partial charge in [-0.2, -0.15) is 0 Å². The zero-order chi connectivity index (χ0) is 23.3. The van der Waals surface area contributed by atoms with Crippen molar-refractivity contribution in [1.29, 1.82) is 0 Å². The molecule has 3 aromatic rings. The summed E-state index contributed by atoms with van der Waals surface area (Å²) in [4.78, 5) is 45.5. The summed E-state index contributed by atoms with van der Waals surface area (Å²) in [5.41, 5.74) is 2.50. The van der Waals surface area contributed by atoms with E-state index in [0.717, 1.165) is 34.3 Å². The molecule has 3 heterocycles. The van der Waals surface area contributed by atoms with Crippen molar-refractivity contribution in [2.45, 2.75) is 32.2 Å². The predicted octanol–water partition coefficient (Wildman–Crippen LogP) is 3.56. The molecule has 0 spiro atoms. The van der Waals surface area contributed by atoms with E-state index >= 15 is 0 Å². The standard InChI is InChI=1S/C25H26N4O4/c1-4-12-26-22(30)15-5-7-16(8-6-15)29-23(31)25(2)21-18(11-13-28(25)24(29)32)19-14-17(33-3)9-10-20(19)27-21/h5-10,14,27H,4,11-13H2,1-3H3,(H,26,30)/t25-/m0/s1. The molecule has 0 saturated carbocycles. The van der Waals surface area contributed by atoms with Gasteiger partial charge in [0.05, 0.1) is 18.5 Å². The first-order valence-corrected chi connectivity index (χ1v) is 11.1. The van der Waals surface area contributed by atoms with E-state index in [2.05, 4.69) is 10.3 Å². The number of anilines is 1. The molecule has 0 bridgehead atoms. The number of rotatable bonds is 5. The average Bonchev–Trinajstić information content (AvgIpc) is 3.30. The molecule has 8 nitrogen and oxygen atoms in total. The highest BCUT2D eigenvalue weighted by atomic mass is 16.5. The predicted molar refractivity (Wildman–Crippen MR) is 125 cm³/mol. The van der Waals surface area contributed by atoms with Gasteiger partial charge in [0.1, 0.15) is 5.75 Å². The second-order valence-corrected chi connectivity index (χ2v) is 8.59. The number of urea groups is 1. The second-order valence-electron chi connectivity index (χ2n) is 8.59. The minimum atomic E-state index is -1.13. The Morgan fingerprint density at radius 3 is 2.64 bits per heavy atom. The van der Waals surface area contributed by atoms with Gasteiger partial charge in [-0.25, -0.2) is 9.69 Å². The minimum absolute atomic E-state index is 0.176. The largest absolute Gasteiger partial charge is 0.497 e. The van der Waals surface area contributed by atoms with Crippen molar-refractivity contribution in [2.75, 3.05) is 25.1 Å². The number of nitrogens with zero attached hydrogens (tertiary/aromatic N) is 2. The smallest absolute Gasteiger partial charge is 0.332 e. The maximum atomic E-state index is 13.7. The molecule has 5 rings (SSSR count). The Morgan fingerprint density at radius 2 is 1.94 bits per heavy atom. The van der Waals surface area contributed by atoms with Crippen molar-refractivity contribution in [3.8, 4) is 5.75 Å². The molecule has 2 aliphatic heterocycles. The monoisotopic (exact) mass is 446 g/mol. The van der Waals surface area contributed by atoms with Crippen molar-refractivity contribution < 1.29 is 19.1 Å². The summed E-state index contributed by atoms with van der Waals surface area (Å²) in [6.07, 6.45) is 1.49. The van der Waals surface area contributed by atoms with E-state index in [1.165, 1.54) is 4.90 Å². The molecule has 2 N–H and O–H groups in total. The van der Waals surface area contributed by atoms with Crippen LogP contribution in [0.1, 0.15) is 41.9 Å². The summed E-state index contributed by atoms with van der Waals surface area (Å²) in [5.74, 6) is 0.260. The number of ether oxygens (including phenoxy) is 1. The van der Waals surface area contributed by atoms with Gasteiger partial charge in [-0.15, -0.1) is 0 Å². The summed E-state index contributed by atoms with van der Waals surface area (Å²) in [6.45, 7) is 4.81. The van der Waals surface area contributed by atoms with Crippen molar-refractivity contribution in [1.82, 2.24) is 15.2 Å². The van der Waals surface area contributed by atoms with E-state index in [0.29, 0.717) is 30.8 Å². The van der Waals surface area contributed by atoms with Gasteiger partial charge in [-0.3, -0.25) is 9.59 Å². The summed E-state index contributed by atoms with van der Waals surface area (Å²) in [5, 5.41) is 3.83. The molecule has 1 fully saturated rings. The minimum Gasteiger partial charge on any atom is -0.497 e. The maximum Gasteiger partial charge on any atom is 0.332 e. The summed E-state index contributed by atoms with van der Waals surface area (Å²) in [6, 6.07) is 12.0. The van der Waals surface area contributed by atoms with E-state index in [-0.39, 0.29) is 17.8 Å². The normalized spacial score (nSPS) is 19.6. The topological polar surface area (TPSA) is 94.7 Å². The Bertz CT molecular complexity index is 1280. The molecule has 1 saturated heterocycles. The molecule has 2 aliphatic rings. The third-order valence-corrected chi connectivity index (χ3v) is 6.69. The van der Waals surface area contributed by atoms with Crippen LogP contribution in [0.5, 0.6) is 5.75 Å². The van der Waals surface area contributed by atoms with Gasteiger partial charge in [-0.1, -0.05) is 6.92 Å². The Balaban J connectivity index is 1.52. The zero-order valence-electron chi connectivity index (χ0n) is 18.9.